The number of aromatic nitrogens is 4. The third-order valence-electron chi connectivity index (χ3n) is 4.59. The van der Waals surface area contributed by atoms with Crippen molar-refractivity contribution in [2.45, 2.75) is 25.7 Å². The van der Waals surface area contributed by atoms with E-state index in [1.807, 2.05) is 18.9 Å². The summed E-state index contributed by atoms with van der Waals surface area (Å²) in [6.07, 6.45) is 5.83. The highest BCUT2D eigenvalue weighted by molar-refractivity contribution is 7.15. The number of imidazole rings is 1. The summed E-state index contributed by atoms with van der Waals surface area (Å²) in [5.74, 6) is 1.39. The van der Waals surface area contributed by atoms with Crippen LogP contribution in [0.15, 0.2) is 23.8 Å². The van der Waals surface area contributed by atoms with Crippen LogP contribution < -0.4 is 0 Å². The van der Waals surface area contributed by atoms with E-state index in [9.17, 15) is 4.79 Å². The van der Waals surface area contributed by atoms with E-state index in [2.05, 4.69) is 21.1 Å². The molecule has 1 amide bonds. The summed E-state index contributed by atoms with van der Waals surface area (Å²) in [6, 6.07) is 1.78. The first kappa shape index (κ1) is 14.4. The normalized spacial score (nSPS) is 18.7. The van der Waals surface area contributed by atoms with Crippen molar-refractivity contribution in [3.63, 3.8) is 0 Å². The molecule has 7 heteroatoms. The number of aryl methyl sites for hydroxylation is 2. The van der Waals surface area contributed by atoms with Crippen LogP contribution in [0, 0.1) is 6.92 Å². The molecule has 6 nitrogen and oxygen atoms in total. The first-order valence-electron chi connectivity index (χ1n) is 7.84. The minimum absolute atomic E-state index is 0.0630. The van der Waals surface area contributed by atoms with Crippen molar-refractivity contribution in [3.8, 4) is 0 Å². The number of carbonyl (C=O) groups is 1. The third-order valence-corrected chi connectivity index (χ3v) is 5.48. The Morgan fingerprint density at radius 3 is 3.09 bits per heavy atom. The Morgan fingerprint density at radius 2 is 2.30 bits per heavy atom. The molecule has 0 radical (unpaired) electrons. The molecule has 1 fully saturated rings. The maximum atomic E-state index is 12.7. The van der Waals surface area contributed by atoms with Gasteiger partial charge in [-0.3, -0.25) is 13.9 Å². The van der Waals surface area contributed by atoms with Crippen molar-refractivity contribution in [1.82, 2.24) is 24.1 Å². The molecule has 1 atom stereocenters. The summed E-state index contributed by atoms with van der Waals surface area (Å²) in [4.78, 5) is 20.6. The Balaban J connectivity index is 1.61. The largest absolute Gasteiger partial charge is 0.337 e. The van der Waals surface area contributed by atoms with Gasteiger partial charge in [0.25, 0.3) is 5.91 Å². The smallest absolute Gasteiger partial charge is 0.272 e. The second kappa shape index (κ2) is 5.49. The van der Waals surface area contributed by atoms with Gasteiger partial charge in [0.05, 0.1) is 5.69 Å². The molecule has 23 heavy (non-hydrogen) atoms. The van der Waals surface area contributed by atoms with Crippen molar-refractivity contribution in [2.24, 2.45) is 7.05 Å². The quantitative estimate of drug-likeness (QED) is 0.726. The molecule has 0 saturated carbocycles. The van der Waals surface area contributed by atoms with Crippen LogP contribution in [0.2, 0.25) is 0 Å². The van der Waals surface area contributed by atoms with Crippen molar-refractivity contribution in [1.29, 1.82) is 0 Å². The Labute approximate surface area is 138 Å². The van der Waals surface area contributed by atoms with Crippen LogP contribution in [-0.4, -0.2) is 43.1 Å². The number of rotatable bonds is 2. The van der Waals surface area contributed by atoms with E-state index < -0.39 is 0 Å². The van der Waals surface area contributed by atoms with Crippen LogP contribution in [0.4, 0.5) is 0 Å². The van der Waals surface area contributed by atoms with Crippen LogP contribution in [0.25, 0.3) is 4.83 Å². The first-order chi connectivity index (χ1) is 11.1. The third kappa shape index (κ3) is 2.35. The SMILES string of the molecule is Cc1nc(C2CCCN(C(=O)c3ccnn3C)C2)c2sccn12. The van der Waals surface area contributed by atoms with Crippen LogP contribution in [0.1, 0.15) is 40.8 Å². The predicted molar refractivity (Wildman–Crippen MR) is 88.9 cm³/mol. The highest BCUT2D eigenvalue weighted by atomic mass is 32.1. The number of hydrogen-bond acceptors (Lipinski definition) is 4. The number of likely N-dealkylation sites (tertiary alicyclic amines) is 1. The Kier molecular flexibility index (Phi) is 3.45. The maximum absolute atomic E-state index is 12.7. The van der Waals surface area contributed by atoms with Gasteiger partial charge in [-0.1, -0.05) is 0 Å². The highest BCUT2D eigenvalue weighted by Gasteiger charge is 2.29. The van der Waals surface area contributed by atoms with E-state index in [0.717, 1.165) is 37.4 Å². The van der Waals surface area contributed by atoms with Gasteiger partial charge in [-0.2, -0.15) is 5.10 Å². The van der Waals surface area contributed by atoms with E-state index >= 15 is 0 Å². The molecule has 1 saturated heterocycles. The molecule has 0 N–H and O–H groups in total. The van der Waals surface area contributed by atoms with Gasteiger partial charge in [0, 0.05) is 43.8 Å². The lowest BCUT2D eigenvalue weighted by Gasteiger charge is -2.32. The average molecular weight is 329 g/mol. The summed E-state index contributed by atoms with van der Waals surface area (Å²) in [6.45, 7) is 3.57. The number of piperidine rings is 1. The fourth-order valence-electron chi connectivity index (χ4n) is 3.39. The zero-order valence-electron chi connectivity index (χ0n) is 13.3. The van der Waals surface area contributed by atoms with Crippen LogP contribution in [0.3, 0.4) is 0 Å². The lowest BCUT2D eigenvalue weighted by atomic mass is 9.95. The number of nitrogens with zero attached hydrogens (tertiary/aromatic N) is 5. The van der Waals surface area contributed by atoms with E-state index in [0.29, 0.717) is 11.6 Å². The molecular weight excluding hydrogens is 310 g/mol. The lowest BCUT2D eigenvalue weighted by Crippen LogP contribution is -2.40. The van der Waals surface area contributed by atoms with Crippen molar-refractivity contribution >= 4 is 22.1 Å². The average Bonchev–Trinajstić information content (AvgIpc) is 3.25. The Hall–Kier alpha value is -2.15. The van der Waals surface area contributed by atoms with Gasteiger partial charge in [0.15, 0.2) is 0 Å². The molecule has 1 aliphatic heterocycles. The van der Waals surface area contributed by atoms with E-state index in [4.69, 9.17) is 4.98 Å². The van der Waals surface area contributed by atoms with Gasteiger partial charge in [-0.15, -0.1) is 11.3 Å². The van der Waals surface area contributed by atoms with Crippen LogP contribution in [-0.2, 0) is 7.05 Å². The monoisotopic (exact) mass is 329 g/mol. The molecule has 1 unspecified atom stereocenters. The molecule has 0 aliphatic carbocycles. The minimum Gasteiger partial charge on any atom is -0.337 e. The minimum atomic E-state index is 0.0630. The summed E-state index contributed by atoms with van der Waals surface area (Å²) in [7, 11) is 1.81. The number of thiazole rings is 1. The number of hydrogen-bond donors (Lipinski definition) is 0. The topological polar surface area (TPSA) is 55.4 Å². The first-order valence-corrected chi connectivity index (χ1v) is 8.72. The molecule has 1 aliphatic rings. The fourth-order valence-corrected chi connectivity index (χ4v) is 4.34. The van der Waals surface area contributed by atoms with Gasteiger partial charge in [-0.25, -0.2) is 4.98 Å². The molecule has 3 aromatic rings. The van der Waals surface area contributed by atoms with Crippen LogP contribution >= 0.6 is 11.3 Å². The molecule has 120 valence electrons. The van der Waals surface area contributed by atoms with Gasteiger partial charge in [-0.05, 0) is 25.8 Å². The number of carbonyl (C=O) groups excluding carboxylic acids is 1. The molecule has 0 bridgehead atoms. The summed E-state index contributed by atoms with van der Waals surface area (Å²) < 4.78 is 3.78. The molecule has 4 heterocycles. The number of amides is 1. The second-order valence-electron chi connectivity index (χ2n) is 6.05. The molecule has 0 aromatic carbocycles. The summed E-state index contributed by atoms with van der Waals surface area (Å²) >= 11 is 1.72. The Bertz CT molecular complexity index is 861. The van der Waals surface area contributed by atoms with Gasteiger partial charge >= 0.3 is 0 Å². The predicted octanol–water partition coefficient (Wildman–Crippen LogP) is 2.46. The van der Waals surface area contributed by atoms with Crippen LogP contribution in [0.5, 0.6) is 0 Å². The fraction of sp³-hybridized carbons (Fsp3) is 0.438. The van der Waals surface area contributed by atoms with Gasteiger partial charge < -0.3 is 4.90 Å². The Morgan fingerprint density at radius 1 is 1.43 bits per heavy atom. The standard InChI is InChI=1S/C16H19N5OS/c1-11-18-14(16-21(11)8-9-23-16)12-4-3-7-20(10-12)15(22)13-5-6-17-19(13)2/h5-6,8-9,12H,3-4,7,10H2,1-2H3. The lowest BCUT2D eigenvalue weighted by molar-refractivity contribution is 0.0695. The number of fused-ring (bicyclic) bond motifs is 1. The van der Waals surface area contributed by atoms with Crippen molar-refractivity contribution < 1.29 is 4.79 Å². The zero-order chi connectivity index (χ0) is 16.0. The van der Waals surface area contributed by atoms with Crippen molar-refractivity contribution in [2.75, 3.05) is 13.1 Å². The van der Waals surface area contributed by atoms with Gasteiger partial charge in [0.1, 0.15) is 16.3 Å². The van der Waals surface area contributed by atoms with Gasteiger partial charge in [0.2, 0.25) is 0 Å². The molecule has 0 spiro atoms. The summed E-state index contributed by atoms with van der Waals surface area (Å²) in [5, 5.41) is 6.19. The maximum Gasteiger partial charge on any atom is 0.272 e. The van der Waals surface area contributed by atoms with E-state index in [-0.39, 0.29) is 5.91 Å². The van der Waals surface area contributed by atoms with E-state index in [1.54, 1.807) is 28.3 Å². The van der Waals surface area contributed by atoms with Crippen molar-refractivity contribution in [3.05, 3.63) is 41.1 Å². The molecular formula is C16H19N5OS. The zero-order valence-corrected chi connectivity index (χ0v) is 14.1. The molecule has 3 aromatic heterocycles. The second-order valence-corrected chi connectivity index (χ2v) is 6.95. The highest BCUT2D eigenvalue weighted by Crippen LogP contribution is 2.32. The molecule has 4 rings (SSSR count). The van der Waals surface area contributed by atoms with E-state index in [1.165, 1.54) is 4.83 Å². The summed E-state index contributed by atoms with van der Waals surface area (Å²) in [5.41, 5.74) is 1.79.